The maximum Gasteiger partial charge on any atom is 0.0613 e. The van der Waals surface area contributed by atoms with Crippen LogP contribution in [0.1, 0.15) is 46.0 Å². The molecule has 0 bridgehead atoms. The summed E-state index contributed by atoms with van der Waals surface area (Å²) in [5.41, 5.74) is 0.0662. The predicted molar refractivity (Wildman–Crippen MR) is 55.7 cm³/mol. The first-order chi connectivity index (χ1) is 6.26. The van der Waals surface area contributed by atoms with Crippen LogP contribution in [0.5, 0.6) is 0 Å². The van der Waals surface area contributed by atoms with E-state index in [0.29, 0.717) is 6.61 Å². The quantitative estimate of drug-likeness (QED) is 0.686. The largest absolute Gasteiger partial charge is 0.394 e. The maximum absolute atomic E-state index is 9.39. The summed E-state index contributed by atoms with van der Waals surface area (Å²) in [6, 6.07) is 0. The van der Waals surface area contributed by atoms with Gasteiger partial charge in [0.1, 0.15) is 0 Å². The van der Waals surface area contributed by atoms with Crippen LogP contribution in [0.2, 0.25) is 0 Å². The van der Waals surface area contributed by atoms with E-state index in [9.17, 15) is 5.11 Å². The number of rotatable bonds is 5. The molecule has 2 nitrogen and oxygen atoms in total. The number of hydrogen-bond donors (Lipinski definition) is 2. The van der Waals surface area contributed by atoms with Gasteiger partial charge < -0.3 is 10.4 Å². The zero-order valence-corrected chi connectivity index (χ0v) is 8.97. The van der Waals surface area contributed by atoms with Crippen LogP contribution >= 0.6 is 0 Å². The minimum Gasteiger partial charge on any atom is -0.394 e. The average Bonchev–Trinajstić information content (AvgIpc) is 2.59. The summed E-state index contributed by atoms with van der Waals surface area (Å²) in [7, 11) is 0. The van der Waals surface area contributed by atoms with E-state index in [4.69, 9.17) is 0 Å². The van der Waals surface area contributed by atoms with Gasteiger partial charge in [0.15, 0.2) is 0 Å². The maximum atomic E-state index is 9.39. The smallest absolute Gasteiger partial charge is 0.0613 e. The fourth-order valence-electron chi connectivity index (χ4n) is 2.34. The summed E-state index contributed by atoms with van der Waals surface area (Å²) in [4.78, 5) is 0. The van der Waals surface area contributed by atoms with Crippen LogP contribution in [0.25, 0.3) is 0 Å². The summed E-state index contributed by atoms with van der Waals surface area (Å²) in [5.74, 6) is 0.830. The standard InChI is InChI=1S/C11H23NO/c1-3-7-12-11(9-13)6-5-10(4-2)8-11/h10,12-13H,3-9H2,1-2H3. The van der Waals surface area contributed by atoms with E-state index in [1.807, 2.05) is 0 Å². The van der Waals surface area contributed by atoms with Crippen molar-refractivity contribution < 1.29 is 5.11 Å². The molecule has 1 saturated carbocycles. The van der Waals surface area contributed by atoms with Crippen LogP contribution in [0.15, 0.2) is 0 Å². The summed E-state index contributed by atoms with van der Waals surface area (Å²) in [6.45, 7) is 5.77. The third-order valence-corrected chi connectivity index (χ3v) is 3.34. The second-order valence-electron chi connectivity index (χ2n) is 4.38. The van der Waals surface area contributed by atoms with Crippen molar-refractivity contribution >= 4 is 0 Å². The monoisotopic (exact) mass is 185 g/mol. The molecule has 0 aromatic carbocycles. The third-order valence-electron chi connectivity index (χ3n) is 3.34. The molecule has 1 fully saturated rings. The lowest BCUT2D eigenvalue weighted by atomic mass is 9.96. The third kappa shape index (κ3) is 2.68. The molecular formula is C11H23NO. The highest BCUT2D eigenvalue weighted by Crippen LogP contribution is 2.35. The van der Waals surface area contributed by atoms with E-state index in [-0.39, 0.29) is 5.54 Å². The molecule has 0 radical (unpaired) electrons. The summed E-state index contributed by atoms with van der Waals surface area (Å²) in [5, 5.41) is 12.9. The van der Waals surface area contributed by atoms with Crippen molar-refractivity contribution in [1.29, 1.82) is 0 Å². The van der Waals surface area contributed by atoms with Gasteiger partial charge in [0.25, 0.3) is 0 Å². The van der Waals surface area contributed by atoms with Crippen molar-refractivity contribution in [2.45, 2.75) is 51.5 Å². The van der Waals surface area contributed by atoms with Crippen molar-refractivity contribution in [2.24, 2.45) is 5.92 Å². The number of hydrogen-bond acceptors (Lipinski definition) is 2. The van der Waals surface area contributed by atoms with Gasteiger partial charge in [-0.05, 0) is 38.1 Å². The van der Waals surface area contributed by atoms with Crippen LogP contribution in [0, 0.1) is 5.92 Å². The molecule has 0 heterocycles. The van der Waals surface area contributed by atoms with E-state index >= 15 is 0 Å². The van der Waals surface area contributed by atoms with Gasteiger partial charge in [-0.25, -0.2) is 0 Å². The van der Waals surface area contributed by atoms with Crippen molar-refractivity contribution in [3.8, 4) is 0 Å². The lowest BCUT2D eigenvalue weighted by Gasteiger charge is -2.28. The molecule has 0 spiro atoms. The second-order valence-corrected chi connectivity index (χ2v) is 4.38. The molecule has 78 valence electrons. The zero-order valence-electron chi connectivity index (χ0n) is 8.97. The lowest BCUT2D eigenvalue weighted by Crippen LogP contribution is -2.46. The molecule has 1 aliphatic rings. The van der Waals surface area contributed by atoms with Gasteiger partial charge in [-0.15, -0.1) is 0 Å². The van der Waals surface area contributed by atoms with Gasteiger partial charge >= 0.3 is 0 Å². The highest BCUT2D eigenvalue weighted by atomic mass is 16.3. The molecule has 0 aliphatic heterocycles. The highest BCUT2D eigenvalue weighted by Gasteiger charge is 2.36. The zero-order chi connectivity index (χ0) is 9.73. The Bertz CT molecular complexity index is 149. The molecule has 0 aromatic rings. The van der Waals surface area contributed by atoms with Crippen LogP contribution in [-0.4, -0.2) is 23.8 Å². The molecule has 2 atom stereocenters. The summed E-state index contributed by atoms with van der Waals surface area (Å²) < 4.78 is 0. The van der Waals surface area contributed by atoms with Crippen molar-refractivity contribution in [3.63, 3.8) is 0 Å². The molecule has 2 N–H and O–H groups in total. The van der Waals surface area contributed by atoms with Crippen LogP contribution in [0.4, 0.5) is 0 Å². The van der Waals surface area contributed by atoms with E-state index < -0.39 is 0 Å². The van der Waals surface area contributed by atoms with E-state index in [2.05, 4.69) is 19.2 Å². The molecular weight excluding hydrogens is 162 g/mol. The molecule has 0 aromatic heterocycles. The normalized spacial score (nSPS) is 33.9. The molecule has 13 heavy (non-hydrogen) atoms. The van der Waals surface area contributed by atoms with Gasteiger partial charge in [0, 0.05) is 5.54 Å². The first-order valence-corrected chi connectivity index (χ1v) is 5.62. The van der Waals surface area contributed by atoms with Crippen molar-refractivity contribution in [1.82, 2.24) is 5.32 Å². The SMILES string of the molecule is CCCNC1(CO)CCC(CC)C1. The van der Waals surface area contributed by atoms with Crippen LogP contribution < -0.4 is 5.32 Å². The molecule has 0 saturated heterocycles. The van der Waals surface area contributed by atoms with Gasteiger partial charge in [0.05, 0.1) is 6.61 Å². The van der Waals surface area contributed by atoms with Gasteiger partial charge in [-0.2, -0.15) is 0 Å². The Labute approximate surface area is 81.7 Å². The predicted octanol–water partition coefficient (Wildman–Crippen LogP) is 1.93. The molecule has 0 amide bonds. The van der Waals surface area contributed by atoms with Crippen LogP contribution in [-0.2, 0) is 0 Å². The fraction of sp³-hybridized carbons (Fsp3) is 1.00. The number of aliphatic hydroxyl groups excluding tert-OH is 1. The second kappa shape index (κ2) is 4.97. The molecule has 2 heteroatoms. The number of nitrogens with one attached hydrogen (secondary N) is 1. The number of aliphatic hydroxyl groups is 1. The first-order valence-electron chi connectivity index (χ1n) is 5.62. The topological polar surface area (TPSA) is 32.3 Å². The Morgan fingerprint density at radius 1 is 1.46 bits per heavy atom. The average molecular weight is 185 g/mol. The Morgan fingerprint density at radius 3 is 2.69 bits per heavy atom. The Morgan fingerprint density at radius 2 is 2.23 bits per heavy atom. The van der Waals surface area contributed by atoms with Crippen LogP contribution in [0.3, 0.4) is 0 Å². The fourth-order valence-corrected chi connectivity index (χ4v) is 2.34. The Balaban J connectivity index is 2.42. The minimum atomic E-state index is 0.0662. The van der Waals surface area contributed by atoms with Crippen molar-refractivity contribution in [3.05, 3.63) is 0 Å². The molecule has 1 rings (SSSR count). The Hall–Kier alpha value is -0.0800. The van der Waals surface area contributed by atoms with E-state index in [1.54, 1.807) is 0 Å². The first kappa shape index (κ1) is 11.0. The molecule has 2 unspecified atom stereocenters. The Kier molecular flexibility index (Phi) is 4.20. The van der Waals surface area contributed by atoms with E-state index in [0.717, 1.165) is 25.3 Å². The lowest BCUT2D eigenvalue weighted by molar-refractivity contribution is 0.160. The van der Waals surface area contributed by atoms with Crippen molar-refractivity contribution in [2.75, 3.05) is 13.2 Å². The summed E-state index contributed by atoms with van der Waals surface area (Å²) >= 11 is 0. The molecule has 1 aliphatic carbocycles. The van der Waals surface area contributed by atoms with Gasteiger partial charge in [0.2, 0.25) is 0 Å². The van der Waals surface area contributed by atoms with Gasteiger partial charge in [-0.1, -0.05) is 20.3 Å². The van der Waals surface area contributed by atoms with E-state index in [1.165, 1.54) is 19.3 Å². The summed E-state index contributed by atoms with van der Waals surface area (Å²) in [6.07, 6.45) is 6.02. The van der Waals surface area contributed by atoms with Gasteiger partial charge in [-0.3, -0.25) is 0 Å². The highest BCUT2D eigenvalue weighted by molar-refractivity contribution is 4.95. The minimum absolute atomic E-state index is 0.0662.